The maximum atomic E-state index is 11.2. The lowest BCUT2D eigenvalue weighted by Crippen LogP contribution is -1.87. The van der Waals surface area contributed by atoms with Crippen LogP contribution in [0.4, 0.5) is 5.69 Å². The van der Waals surface area contributed by atoms with Gasteiger partial charge < -0.3 is 10.1 Å². The van der Waals surface area contributed by atoms with Crippen LogP contribution < -0.4 is 5.11 Å². The lowest BCUT2D eigenvalue weighted by Gasteiger charge is -1.92. The summed E-state index contributed by atoms with van der Waals surface area (Å²) in [5, 5.41) is 20.4. The maximum absolute atomic E-state index is 11.2. The van der Waals surface area contributed by atoms with E-state index in [9.17, 15) is 5.11 Å². The summed E-state index contributed by atoms with van der Waals surface area (Å²) in [6, 6.07) is 5.29. The molecule has 64 valence electrons. The number of aromatic nitrogens is 1. The summed E-state index contributed by atoms with van der Waals surface area (Å²) in [6.45, 7) is 0. The third kappa shape index (κ3) is 1.07. The molecule has 1 N–H and O–H groups in total. The van der Waals surface area contributed by atoms with Gasteiger partial charge in [0.25, 0.3) is 0 Å². The van der Waals surface area contributed by atoms with Crippen molar-refractivity contribution < 1.29 is 5.11 Å². The number of diazo groups is 1. The quantitative estimate of drug-likeness (QED) is 0.716. The minimum atomic E-state index is -0.385. The predicted octanol–water partition coefficient (Wildman–Crippen LogP) is 2.49. The van der Waals surface area contributed by atoms with Gasteiger partial charge in [0.2, 0.25) is 5.39 Å². The molecule has 0 saturated heterocycles. The van der Waals surface area contributed by atoms with Crippen LogP contribution in [-0.2, 0) is 0 Å². The summed E-state index contributed by atoms with van der Waals surface area (Å²) in [5.74, 6) is -0.385. The molecule has 1 aromatic heterocycles. The van der Waals surface area contributed by atoms with E-state index in [0.717, 1.165) is 4.47 Å². The average Bonchev–Trinajstić information content (AvgIpc) is 2.43. The summed E-state index contributed by atoms with van der Waals surface area (Å²) >= 11 is 3.28. The van der Waals surface area contributed by atoms with Gasteiger partial charge in [0.1, 0.15) is 0 Å². The molecule has 2 aromatic rings. The van der Waals surface area contributed by atoms with Crippen LogP contribution in [0.5, 0.6) is 5.88 Å². The van der Waals surface area contributed by atoms with Crippen molar-refractivity contribution in [3.63, 3.8) is 0 Å². The van der Waals surface area contributed by atoms with E-state index in [1.54, 1.807) is 18.2 Å². The molecule has 0 spiro atoms. The topological polar surface area (TPSA) is 67.0 Å². The highest BCUT2D eigenvalue weighted by atomic mass is 79.9. The van der Waals surface area contributed by atoms with E-state index in [1.165, 1.54) is 0 Å². The first-order chi connectivity index (χ1) is 6.24. The fourth-order valence-electron chi connectivity index (χ4n) is 1.24. The zero-order valence-electron chi connectivity index (χ0n) is 6.41. The Morgan fingerprint density at radius 3 is 2.92 bits per heavy atom. The summed E-state index contributed by atoms with van der Waals surface area (Å²) in [4.78, 5) is 5.52. The number of H-pyrrole nitrogens is 1. The van der Waals surface area contributed by atoms with Gasteiger partial charge in [0, 0.05) is 4.47 Å². The van der Waals surface area contributed by atoms with E-state index in [0.29, 0.717) is 10.9 Å². The van der Waals surface area contributed by atoms with Gasteiger partial charge in [-0.2, -0.15) is 0 Å². The van der Waals surface area contributed by atoms with Crippen molar-refractivity contribution in [1.29, 1.82) is 5.39 Å². The molecule has 0 atom stereocenters. The number of nitrogens with one attached hydrogen (secondary N) is 1. The SMILES string of the molecule is N#[N+]c1c([O-])[nH]c2c(Br)cccc12. The summed E-state index contributed by atoms with van der Waals surface area (Å²) in [5.41, 5.74) is 0.705. The number of aromatic amines is 1. The fourth-order valence-corrected chi connectivity index (χ4v) is 1.71. The molecule has 1 aromatic carbocycles. The minimum Gasteiger partial charge on any atom is -0.855 e. The van der Waals surface area contributed by atoms with Crippen LogP contribution in [0.2, 0.25) is 0 Å². The summed E-state index contributed by atoms with van der Waals surface area (Å²) in [6.07, 6.45) is 0. The van der Waals surface area contributed by atoms with Crippen molar-refractivity contribution in [2.45, 2.75) is 0 Å². The molecule has 5 heteroatoms. The molecule has 0 bridgehead atoms. The Bertz CT molecular complexity index is 512. The number of benzene rings is 1. The molecule has 0 fully saturated rings. The molecule has 13 heavy (non-hydrogen) atoms. The van der Waals surface area contributed by atoms with Crippen LogP contribution in [0, 0.1) is 5.39 Å². The molecule has 0 saturated carbocycles. The molecular weight excluding hydrogens is 234 g/mol. The van der Waals surface area contributed by atoms with Crippen molar-refractivity contribution in [2.75, 3.05) is 0 Å². The zero-order valence-corrected chi connectivity index (χ0v) is 8.00. The molecule has 0 aliphatic carbocycles. The number of fused-ring (bicyclic) bond motifs is 1. The zero-order chi connectivity index (χ0) is 9.42. The molecule has 1 heterocycles. The van der Waals surface area contributed by atoms with Gasteiger partial charge in [-0.3, -0.25) is 0 Å². The Labute approximate surface area is 81.9 Å². The van der Waals surface area contributed by atoms with Gasteiger partial charge in [-0.15, -0.1) is 0 Å². The van der Waals surface area contributed by atoms with E-state index in [2.05, 4.69) is 25.9 Å². The van der Waals surface area contributed by atoms with Crippen LogP contribution in [0.3, 0.4) is 0 Å². The highest BCUT2D eigenvalue weighted by Gasteiger charge is 2.16. The first-order valence-electron chi connectivity index (χ1n) is 3.56. The number of para-hydroxylation sites is 1. The summed E-state index contributed by atoms with van der Waals surface area (Å²) in [7, 11) is 0. The van der Waals surface area contributed by atoms with Crippen molar-refractivity contribution in [3.05, 3.63) is 27.6 Å². The monoisotopic (exact) mass is 237 g/mol. The van der Waals surface area contributed by atoms with Gasteiger partial charge in [-0.25, -0.2) is 0 Å². The fraction of sp³-hybridized carbons (Fsp3) is 0. The number of nitrogens with zero attached hydrogens (tertiary/aromatic N) is 2. The van der Waals surface area contributed by atoms with E-state index >= 15 is 0 Å². The summed E-state index contributed by atoms with van der Waals surface area (Å²) < 4.78 is 0.775. The second-order valence-electron chi connectivity index (χ2n) is 2.57. The Morgan fingerprint density at radius 1 is 1.46 bits per heavy atom. The van der Waals surface area contributed by atoms with Crippen molar-refractivity contribution in [3.8, 4) is 5.88 Å². The second-order valence-corrected chi connectivity index (χ2v) is 3.42. The standard InChI is InChI=1S/C8H4BrN3O/c9-5-3-1-2-4-6(5)11-8(13)7(4)12-10/h1-3,10H. The van der Waals surface area contributed by atoms with Gasteiger partial charge in [-0.05, 0) is 28.1 Å². The molecule has 2 rings (SSSR count). The van der Waals surface area contributed by atoms with Crippen molar-refractivity contribution in [1.82, 2.24) is 4.98 Å². The van der Waals surface area contributed by atoms with Gasteiger partial charge in [0.15, 0.2) is 4.98 Å². The lowest BCUT2D eigenvalue weighted by molar-refractivity contribution is -0.272. The molecule has 0 radical (unpaired) electrons. The van der Waals surface area contributed by atoms with E-state index in [4.69, 9.17) is 5.39 Å². The van der Waals surface area contributed by atoms with Gasteiger partial charge in [0.05, 0.1) is 16.8 Å². The Balaban J connectivity index is 2.96. The third-order valence-electron chi connectivity index (χ3n) is 1.82. The molecule has 0 aliphatic heterocycles. The highest BCUT2D eigenvalue weighted by molar-refractivity contribution is 9.10. The molecule has 0 aliphatic rings. The molecule has 0 amide bonds. The largest absolute Gasteiger partial charge is 0.855 e. The predicted molar refractivity (Wildman–Crippen MR) is 50.2 cm³/mol. The van der Waals surface area contributed by atoms with E-state index in [1.807, 2.05) is 0 Å². The normalized spacial score (nSPS) is 10.2. The Kier molecular flexibility index (Phi) is 1.71. The number of hydrogen-bond acceptors (Lipinski definition) is 2. The highest BCUT2D eigenvalue weighted by Crippen LogP contribution is 2.36. The first-order valence-corrected chi connectivity index (χ1v) is 4.35. The Morgan fingerprint density at radius 2 is 2.23 bits per heavy atom. The molecule has 4 nitrogen and oxygen atoms in total. The first kappa shape index (κ1) is 8.08. The van der Waals surface area contributed by atoms with Crippen LogP contribution in [-0.4, -0.2) is 4.98 Å². The van der Waals surface area contributed by atoms with Crippen LogP contribution >= 0.6 is 15.9 Å². The van der Waals surface area contributed by atoms with Crippen LogP contribution in [0.25, 0.3) is 15.9 Å². The average molecular weight is 238 g/mol. The minimum absolute atomic E-state index is 0.0521. The molecular formula is C8H4BrN3O. The van der Waals surface area contributed by atoms with Gasteiger partial charge in [-0.1, -0.05) is 6.07 Å². The number of rotatable bonds is 0. The second kappa shape index (κ2) is 2.75. The lowest BCUT2D eigenvalue weighted by atomic mass is 10.2. The Hall–Kier alpha value is -1.54. The van der Waals surface area contributed by atoms with Gasteiger partial charge >= 0.3 is 5.69 Å². The third-order valence-corrected chi connectivity index (χ3v) is 2.48. The van der Waals surface area contributed by atoms with Crippen molar-refractivity contribution in [2.24, 2.45) is 0 Å². The van der Waals surface area contributed by atoms with Crippen LogP contribution in [0.15, 0.2) is 22.7 Å². The molecule has 0 unspecified atom stereocenters. The number of hydrogen-bond donors (Lipinski definition) is 1. The van der Waals surface area contributed by atoms with E-state index < -0.39 is 0 Å². The number of halogens is 1. The van der Waals surface area contributed by atoms with Crippen LogP contribution in [0.1, 0.15) is 0 Å². The smallest absolute Gasteiger partial charge is 0.402 e. The maximum Gasteiger partial charge on any atom is 0.402 e. The van der Waals surface area contributed by atoms with E-state index in [-0.39, 0.29) is 11.6 Å². The van der Waals surface area contributed by atoms with Crippen molar-refractivity contribution >= 4 is 32.5 Å².